The van der Waals surface area contributed by atoms with E-state index in [0.29, 0.717) is 58.2 Å². The molecule has 1 N–H and O–H groups in total. The average Bonchev–Trinajstić information content (AvgIpc) is 3.44. The molecule has 5 aromatic rings. The normalized spacial score (nSPS) is 10.8. The lowest BCUT2D eigenvalue weighted by molar-refractivity contribution is 0.0734. The molecule has 8 nitrogen and oxygen atoms in total. The maximum atomic E-state index is 13.1. The van der Waals surface area contributed by atoms with Gasteiger partial charge in [0.1, 0.15) is 22.8 Å². The molecule has 0 radical (unpaired) electrons. The molecule has 0 aliphatic rings. The van der Waals surface area contributed by atoms with Crippen LogP contribution in [0.2, 0.25) is 0 Å². The van der Waals surface area contributed by atoms with Gasteiger partial charge in [-0.2, -0.15) is 0 Å². The lowest BCUT2D eigenvalue weighted by atomic mass is 10.1. The van der Waals surface area contributed by atoms with Crippen molar-refractivity contribution in [2.75, 3.05) is 18.5 Å². The highest BCUT2D eigenvalue weighted by Crippen LogP contribution is 2.35. The second-order valence-corrected chi connectivity index (χ2v) is 9.29. The lowest BCUT2D eigenvalue weighted by Gasteiger charge is -2.12. The summed E-state index contributed by atoms with van der Waals surface area (Å²) in [6.45, 7) is 5.14. The highest BCUT2D eigenvalue weighted by molar-refractivity contribution is 6.05. The third kappa shape index (κ3) is 6.73. The lowest BCUT2D eigenvalue weighted by Crippen LogP contribution is -2.13. The number of hydrogen-bond donors (Lipinski definition) is 1. The summed E-state index contributed by atoms with van der Waals surface area (Å²) in [6.07, 6.45) is 1.72. The summed E-state index contributed by atoms with van der Waals surface area (Å²) in [5.41, 5.74) is 2.90. The van der Waals surface area contributed by atoms with Gasteiger partial charge in [-0.3, -0.25) is 4.79 Å². The average molecular weight is 551 g/mol. The van der Waals surface area contributed by atoms with Crippen molar-refractivity contribution >= 4 is 28.7 Å². The summed E-state index contributed by atoms with van der Waals surface area (Å²) in [7, 11) is 0. The van der Waals surface area contributed by atoms with Crippen LogP contribution >= 0.6 is 0 Å². The number of fused-ring (bicyclic) bond motifs is 1. The smallest absolute Gasteiger partial charge is 0.343 e. The van der Waals surface area contributed by atoms with Gasteiger partial charge >= 0.3 is 5.97 Å². The minimum absolute atomic E-state index is 0.231. The summed E-state index contributed by atoms with van der Waals surface area (Å²) in [4.78, 5) is 30.8. The fraction of sp³-hybridized carbons (Fsp3) is 0.182. The molecule has 0 atom stereocenters. The molecule has 1 amide bonds. The number of carbonyl (C=O) groups excluding carboxylic acids is 2. The highest BCUT2D eigenvalue weighted by atomic mass is 16.5. The molecule has 0 saturated heterocycles. The molecular formula is C33H30N2O6. The molecule has 0 spiro atoms. The summed E-state index contributed by atoms with van der Waals surface area (Å²) in [6, 6.07) is 26.1. The largest absolute Gasteiger partial charge is 0.494 e. The Kier molecular flexibility index (Phi) is 8.59. The number of benzene rings is 4. The number of nitrogens with zero attached hydrogens (tertiary/aromatic N) is 1. The number of hydrogen-bond acceptors (Lipinski definition) is 7. The number of ether oxygens (including phenoxy) is 3. The van der Waals surface area contributed by atoms with Crippen molar-refractivity contribution < 1.29 is 28.2 Å². The Morgan fingerprint density at radius 3 is 2.17 bits per heavy atom. The quantitative estimate of drug-likeness (QED) is 0.134. The SMILES string of the molecule is CCCOc1cccc(C(=O)Nc2ccc(OC(=O)c3cccc(OCCC)c3)c(-c3nc4ccccc4o3)c2)c1. The molecule has 0 bridgehead atoms. The Bertz CT molecular complexity index is 1640. The first-order chi connectivity index (χ1) is 20.0. The Morgan fingerprint density at radius 1 is 0.780 bits per heavy atom. The van der Waals surface area contributed by atoms with Gasteiger partial charge in [-0.1, -0.05) is 38.1 Å². The van der Waals surface area contributed by atoms with Gasteiger partial charge in [-0.15, -0.1) is 0 Å². The van der Waals surface area contributed by atoms with Crippen LogP contribution in [0.15, 0.2) is 95.4 Å². The van der Waals surface area contributed by atoms with Crippen LogP contribution in [0.1, 0.15) is 47.4 Å². The van der Waals surface area contributed by atoms with E-state index in [0.717, 1.165) is 12.8 Å². The number of nitrogens with one attached hydrogen (secondary N) is 1. The Hall–Kier alpha value is -5.11. The summed E-state index contributed by atoms with van der Waals surface area (Å²) in [5.74, 6) is 0.810. The molecular weight excluding hydrogens is 520 g/mol. The Morgan fingerprint density at radius 2 is 1.46 bits per heavy atom. The van der Waals surface area contributed by atoms with E-state index >= 15 is 0 Å². The minimum Gasteiger partial charge on any atom is -0.494 e. The van der Waals surface area contributed by atoms with Gasteiger partial charge in [0.2, 0.25) is 5.89 Å². The molecule has 208 valence electrons. The van der Waals surface area contributed by atoms with E-state index in [4.69, 9.17) is 18.6 Å². The number of para-hydroxylation sites is 2. The number of amides is 1. The number of rotatable bonds is 11. The van der Waals surface area contributed by atoms with E-state index < -0.39 is 5.97 Å². The molecule has 0 unspecified atom stereocenters. The molecule has 0 saturated carbocycles. The van der Waals surface area contributed by atoms with Crippen molar-refractivity contribution in [3.05, 3.63) is 102 Å². The van der Waals surface area contributed by atoms with Crippen molar-refractivity contribution in [3.8, 4) is 28.7 Å². The topological polar surface area (TPSA) is 99.9 Å². The second-order valence-electron chi connectivity index (χ2n) is 9.29. The Balaban J connectivity index is 1.44. The number of oxazole rings is 1. The predicted molar refractivity (Wildman–Crippen MR) is 157 cm³/mol. The van der Waals surface area contributed by atoms with E-state index in [2.05, 4.69) is 10.3 Å². The van der Waals surface area contributed by atoms with Crippen LogP contribution in [0.3, 0.4) is 0 Å². The minimum atomic E-state index is -0.565. The van der Waals surface area contributed by atoms with Gasteiger partial charge in [-0.25, -0.2) is 9.78 Å². The molecule has 1 aromatic heterocycles. The Labute approximate surface area is 237 Å². The maximum Gasteiger partial charge on any atom is 0.343 e. The maximum absolute atomic E-state index is 13.1. The number of carbonyl (C=O) groups is 2. The van der Waals surface area contributed by atoms with Crippen molar-refractivity contribution in [2.45, 2.75) is 26.7 Å². The van der Waals surface area contributed by atoms with Crippen LogP contribution in [-0.2, 0) is 0 Å². The van der Waals surface area contributed by atoms with Crippen molar-refractivity contribution in [1.29, 1.82) is 0 Å². The van der Waals surface area contributed by atoms with Gasteiger partial charge in [0, 0.05) is 11.3 Å². The van der Waals surface area contributed by atoms with E-state index in [1.165, 1.54) is 0 Å². The predicted octanol–water partition coefficient (Wildman–Crippen LogP) is 7.54. The van der Waals surface area contributed by atoms with Crippen molar-refractivity contribution in [2.24, 2.45) is 0 Å². The van der Waals surface area contributed by atoms with Gasteiger partial charge in [0.05, 0.1) is 24.3 Å². The molecule has 4 aromatic carbocycles. The van der Waals surface area contributed by atoms with E-state index in [1.807, 2.05) is 38.1 Å². The van der Waals surface area contributed by atoms with Crippen LogP contribution in [0, 0.1) is 0 Å². The van der Waals surface area contributed by atoms with Crippen LogP contribution in [-0.4, -0.2) is 30.1 Å². The van der Waals surface area contributed by atoms with Crippen LogP contribution < -0.4 is 19.5 Å². The monoisotopic (exact) mass is 550 g/mol. The number of anilines is 1. The zero-order valence-corrected chi connectivity index (χ0v) is 22.9. The molecule has 41 heavy (non-hydrogen) atoms. The summed E-state index contributed by atoms with van der Waals surface area (Å²) in [5, 5.41) is 2.90. The third-order valence-electron chi connectivity index (χ3n) is 6.08. The molecule has 0 aliphatic heterocycles. The number of aromatic nitrogens is 1. The fourth-order valence-electron chi connectivity index (χ4n) is 4.09. The molecule has 1 heterocycles. The van der Waals surface area contributed by atoms with Crippen LogP contribution in [0.5, 0.6) is 17.2 Å². The first-order valence-corrected chi connectivity index (χ1v) is 13.5. The first kappa shape index (κ1) is 27.5. The first-order valence-electron chi connectivity index (χ1n) is 13.5. The van der Waals surface area contributed by atoms with Crippen molar-refractivity contribution in [3.63, 3.8) is 0 Å². The fourth-order valence-corrected chi connectivity index (χ4v) is 4.09. The van der Waals surface area contributed by atoms with Gasteiger partial charge in [0.25, 0.3) is 5.91 Å². The van der Waals surface area contributed by atoms with E-state index in [9.17, 15) is 9.59 Å². The molecule has 0 fully saturated rings. The second kappa shape index (κ2) is 12.8. The number of esters is 1. The van der Waals surface area contributed by atoms with Gasteiger partial charge < -0.3 is 23.9 Å². The van der Waals surface area contributed by atoms with Crippen LogP contribution in [0.25, 0.3) is 22.6 Å². The van der Waals surface area contributed by atoms with Crippen molar-refractivity contribution in [1.82, 2.24) is 4.98 Å². The molecule has 5 rings (SSSR count). The highest BCUT2D eigenvalue weighted by Gasteiger charge is 2.19. The van der Waals surface area contributed by atoms with Crippen LogP contribution in [0.4, 0.5) is 5.69 Å². The van der Waals surface area contributed by atoms with Gasteiger partial charge in [-0.05, 0) is 79.6 Å². The third-order valence-corrected chi connectivity index (χ3v) is 6.08. The zero-order chi connectivity index (χ0) is 28.6. The zero-order valence-electron chi connectivity index (χ0n) is 22.9. The standard InChI is InChI=1S/C33H30N2O6/c1-3-17-38-25-11-7-9-22(19-25)31(36)34-24-15-16-29(27(21-24)32-35-28-13-5-6-14-30(28)40-32)41-33(37)23-10-8-12-26(20-23)39-18-4-2/h5-16,19-21H,3-4,17-18H2,1-2H3,(H,34,36). The van der Waals surface area contributed by atoms with E-state index in [1.54, 1.807) is 66.7 Å². The molecule has 0 aliphatic carbocycles. The van der Waals surface area contributed by atoms with E-state index in [-0.39, 0.29) is 17.5 Å². The summed E-state index contributed by atoms with van der Waals surface area (Å²) >= 11 is 0. The summed E-state index contributed by atoms with van der Waals surface area (Å²) < 4.78 is 23.1. The van der Waals surface area contributed by atoms with Gasteiger partial charge in [0.15, 0.2) is 5.58 Å². The molecule has 8 heteroatoms.